The van der Waals surface area contributed by atoms with Gasteiger partial charge < -0.3 is 0 Å². The number of benzene rings is 1. The number of carbonyl (C=O) groups is 1. The van der Waals surface area contributed by atoms with E-state index in [2.05, 4.69) is 10.0 Å². The van der Waals surface area contributed by atoms with Crippen molar-refractivity contribution < 1.29 is 9.18 Å². The Labute approximate surface area is 129 Å². The lowest BCUT2D eigenvalue weighted by atomic mass is 9.78. The molecule has 1 aromatic carbocycles. The topological polar surface area (TPSA) is 35.9 Å². The predicted molar refractivity (Wildman–Crippen MR) is 81.8 cm³/mol. The van der Waals surface area contributed by atoms with E-state index in [1.165, 1.54) is 6.07 Å². The van der Waals surface area contributed by atoms with Crippen LogP contribution in [0.3, 0.4) is 0 Å². The molecule has 1 aromatic rings. The van der Waals surface area contributed by atoms with Crippen LogP contribution in [0.15, 0.2) is 29.4 Å². The second-order valence-electron chi connectivity index (χ2n) is 6.37. The summed E-state index contributed by atoms with van der Waals surface area (Å²) in [5, 5.41) is 6.30. The van der Waals surface area contributed by atoms with Crippen LogP contribution < -0.4 is 0 Å². The summed E-state index contributed by atoms with van der Waals surface area (Å²) in [6.45, 7) is 3.95. The van der Waals surface area contributed by atoms with Crippen molar-refractivity contribution in [1.29, 1.82) is 0 Å². The molecule has 0 radical (unpaired) electrons. The molecule has 116 valence electrons. The third-order valence-electron chi connectivity index (χ3n) is 5.18. The summed E-state index contributed by atoms with van der Waals surface area (Å²) in [5.74, 6) is 0.239. The Morgan fingerprint density at radius 3 is 2.77 bits per heavy atom. The normalized spacial score (nSPS) is 32.8. The highest BCUT2D eigenvalue weighted by Gasteiger charge is 2.50. The number of piperidine rings is 3. The Balaban J connectivity index is 1.78. The highest BCUT2D eigenvalue weighted by atomic mass is 19.1. The summed E-state index contributed by atoms with van der Waals surface area (Å²) in [6.07, 6.45) is 2.67. The van der Waals surface area contributed by atoms with Gasteiger partial charge in [0, 0.05) is 12.3 Å². The molecule has 22 heavy (non-hydrogen) atoms. The van der Waals surface area contributed by atoms with Gasteiger partial charge in [0.2, 0.25) is 5.91 Å². The maximum atomic E-state index is 13.7. The van der Waals surface area contributed by atoms with Gasteiger partial charge in [-0.15, -0.1) is 0 Å². The first kappa shape index (κ1) is 13.9. The first-order valence-electron chi connectivity index (χ1n) is 8.09. The number of hydrogen-bond acceptors (Lipinski definition) is 3. The summed E-state index contributed by atoms with van der Waals surface area (Å²) in [7, 11) is 0. The van der Waals surface area contributed by atoms with Gasteiger partial charge in [-0.2, -0.15) is 5.10 Å². The summed E-state index contributed by atoms with van der Waals surface area (Å²) in [6, 6.07) is 6.56. The molecule has 1 amide bonds. The molecule has 2 bridgehead atoms. The lowest BCUT2D eigenvalue weighted by Crippen LogP contribution is -2.56. The number of hydrogen-bond donors (Lipinski definition) is 0. The summed E-state index contributed by atoms with van der Waals surface area (Å²) in [4.78, 5) is 14.8. The fraction of sp³-hybridized carbons (Fsp3) is 0.529. The highest BCUT2D eigenvalue weighted by molar-refractivity contribution is 5.97. The van der Waals surface area contributed by atoms with Crippen molar-refractivity contribution >= 4 is 11.6 Å². The zero-order valence-electron chi connectivity index (χ0n) is 12.7. The second kappa shape index (κ2) is 5.16. The van der Waals surface area contributed by atoms with Crippen molar-refractivity contribution in [3.63, 3.8) is 0 Å². The van der Waals surface area contributed by atoms with Crippen LogP contribution in [-0.2, 0) is 4.79 Å². The molecule has 5 rings (SSSR count). The molecule has 4 nitrogen and oxygen atoms in total. The molecule has 4 heterocycles. The van der Waals surface area contributed by atoms with Gasteiger partial charge in [-0.05, 0) is 43.6 Å². The zero-order valence-corrected chi connectivity index (χ0v) is 12.7. The van der Waals surface area contributed by atoms with Crippen LogP contribution in [-0.4, -0.2) is 40.7 Å². The summed E-state index contributed by atoms with van der Waals surface area (Å²) >= 11 is 0. The number of nitrogens with zero attached hydrogens (tertiary/aromatic N) is 3. The van der Waals surface area contributed by atoms with E-state index in [9.17, 15) is 9.18 Å². The van der Waals surface area contributed by atoms with E-state index in [1.54, 1.807) is 17.1 Å². The molecule has 0 saturated carbocycles. The van der Waals surface area contributed by atoms with Crippen LogP contribution in [0.4, 0.5) is 4.39 Å². The summed E-state index contributed by atoms with van der Waals surface area (Å²) < 4.78 is 13.7. The highest BCUT2D eigenvalue weighted by Crippen LogP contribution is 2.43. The fourth-order valence-corrected chi connectivity index (χ4v) is 4.11. The molecule has 2 atom stereocenters. The lowest BCUT2D eigenvalue weighted by molar-refractivity contribution is -0.133. The van der Waals surface area contributed by atoms with Crippen LogP contribution >= 0.6 is 0 Å². The fourth-order valence-electron chi connectivity index (χ4n) is 4.11. The molecule has 4 aliphatic rings. The number of amides is 1. The quantitative estimate of drug-likeness (QED) is 0.841. The third kappa shape index (κ3) is 1.99. The molecule has 3 fully saturated rings. The third-order valence-corrected chi connectivity index (χ3v) is 5.18. The van der Waals surface area contributed by atoms with Crippen LogP contribution in [0.1, 0.15) is 37.8 Å². The molecular weight excluding hydrogens is 281 g/mol. The van der Waals surface area contributed by atoms with Gasteiger partial charge in [0.1, 0.15) is 11.9 Å². The van der Waals surface area contributed by atoms with Gasteiger partial charge in [-0.3, -0.25) is 9.69 Å². The van der Waals surface area contributed by atoms with Crippen molar-refractivity contribution in [1.82, 2.24) is 9.91 Å². The smallest absolute Gasteiger partial charge is 0.243 e. The zero-order chi connectivity index (χ0) is 15.3. The minimum atomic E-state index is -0.259. The van der Waals surface area contributed by atoms with Crippen LogP contribution in [0.5, 0.6) is 0 Å². The van der Waals surface area contributed by atoms with E-state index in [1.807, 2.05) is 13.0 Å². The Morgan fingerprint density at radius 1 is 1.32 bits per heavy atom. The van der Waals surface area contributed by atoms with Gasteiger partial charge in [-0.25, -0.2) is 9.40 Å². The first-order valence-corrected chi connectivity index (χ1v) is 8.09. The van der Waals surface area contributed by atoms with Crippen molar-refractivity contribution in [2.24, 2.45) is 11.0 Å². The van der Waals surface area contributed by atoms with E-state index in [4.69, 9.17) is 0 Å². The molecule has 3 saturated heterocycles. The van der Waals surface area contributed by atoms with Crippen LogP contribution in [0, 0.1) is 11.7 Å². The Hall–Kier alpha value is -1.75. The van der Waals surface area contributed by atoms with Crippen molar-refractivity contribution in [2.45, 2.75) is 38.3 Å². The Bertz CT molecular complexity index is 637. The number of carbonyl (C=O) groups excluding carboxylic acids is 1. The molecule has 5 heteroatoms. The van der Waals surface area contributed by atoms with Crippen LogP contribution in [0.2, 0.25) is 0 Å². The number of hydrazone groups is 1. The van der Waals surface area contributed by atoms with Gasteiger partial charge in [0.05, 0.1) is 11.8 Å². The van der Waals surface area contributed by atoms with E-state index in [-0.39, 0.29) is 23.8 Å². The molecule has 4 aliphatic heterocycles. The maximum absolute atomic E-state index is 13.7. The Kier molecular flexibility index (Phi) is 3.26. The summed E-state index contributed by atoms with van der Waals surface area (Å²) in [5.41, 5.74) is 1.98. The van der Waals surface area contributed by atoms with E-state index in [0.717, 1.165) is 37.2 Å². The van der Waals surface area contributed by atoms with E-state index in [0.29, 0.717) is 12.3 Å². The second-order valence-corrected chi connectivity index (χ2v) is 6.37. The first-order chi connectivity index (χ1) is 10.7. The van der Waals surface area contributed by atoms with E-state index < -0.39 is 0 Å². The largest absolute Gasteiger partial charge is 0.293 e. The molecular formula is C17H20FN3O. The molecule has 0 aliphatic carbocycles. The number of halogens is 1. The van der Waals surface area contributed by atoms with Crippen molar-refractivity contribution in [3.05, 3.63) is 35.6 Å². The van der Waals surface area contributed by atoms with Crippen LogP contribution in [0.25, 0.3) is 0 Å². The molecule has 0 spiro atoms. The SMILES string of the molecule is CCC(=O)N1N=C2C3CCN(CC3)[C@H]2[C@@H]1c1cccc(F)c1. The number of fused-ring (bicyclic) bond motifs is 2. The van der Waals surface area contributed by atoms with Gasteiger partial charge in [-0.1, -0.05) is 19.1 Å². The average Bonchev–Trinajstić information content (AvgIpc) is 2.97. The monoisotopic (exact) mass is 301 g/mol. The number of rotatable bonds is 2. The Morgan fingerprint density at radius 2 is 2.09 bits per heavy atom. The van der Waals surface area contributed by atoms with E-state index >= 15 is 0 Å². The minimum absolute atomic E-state index is 0.0109. The van der Waals surface area contributed by atoms with Crippen molar-refractivity contribution in [2.75, 3.05) is 13.1 Å². The average molecular weight is 301 g/mol. The van der Waals surface area contributed by atoms with Crippen molar-refractivity contribution in [3.8, 4) is 0 Å². The van der Waals surface area contributed by atoms with Gasteiger partial charge in [0.25, 0.3) is 0 Å². The maximum Gasteiger partial charge on any atom is 0.243 e. The molecule has 0 N–H and O–H groups in total. The lowest BCUT2D eigenvalue weighted by Gasteiger charge is -2.46. The molecule has 0 unspecified atom stereocenters. The minimum Gasteiger partial charge on any atom is -0.293 e. The standard InChI is InChI=1S/C17H20FN3O/c1-2-14(22)21-16(12-4-3-5-13(18)10-12)17-15(19-21)11-6-8-20(17)9-7-11/h3-5,10-11,16-17H,2,6-9H2,1H3/t16-,17+/m0/s1. The van der Waals surface area contributed by atoms with Gasteiger partial charge in [0.15, 0.2) is 0 Å². The molecule has 0 aromatic heterocycles. The van der Waals surface area contributed by atoms with Gasteiger partial charge >= 0.3 is 0 Å². The predicted octanol–water partition coefficient (Wildman–Crippen LogP) is 2.57.